The van der Waals surface area contributed by atoms with E-state index in [0.717, 1.165) is 21.5 Å². The van der Waals surface area contributed by atoms with Gasteiger partial charge < -0.3 is 10.2 Å². The molecule has 0 saturated carbocycles. The fourth-order valence-corrected chi connectivity index (χ4v) is 3.55. The van der Waals surface area contributed by atoms with Crippen molar-refractivity contribution < 1.29 is 10.2 Å². The van der Waals surface area contributed by atoms with E-state index in [-0.39, 0.29) is 11.5 Å². The maximum Gasteiger partial charge on any atom is 0.158 e. The van der Waals surface area contributed by atoms with E-state index in [4.69, 9.17) is 0 Å². The first-order valence-electron chi connectivity index (χ1n) is 8.16. The van der Waals surface area contributed by atoms with Crippen LogP contribution in [-0.4, -0.2) is 10.2 Å². The highest BCUT2D eigenvalue weighted by atomic mass is 16.3. The van der Waals surface area contributed by atoms with Crippen molar-refractivity contribution in [3.8, 4) is 11.5 Å². The maximum absolute atomic E-state index is 10.0. The molecule has 0 heterocycles. The van der Waals surface area contributed by atoms with Crippen LogP contribution in [0, 0.1) is 27.7 Å². The number of phenolic OH excluding ortho intramolecular Hbond substituents is 2. The average molecular weight is 316 g/mol. The molecule has 0 radical (unpaired) electrons. The SMILES string of the molecule is Cc1cc2c3cc(C)c(C)cc3c3cc(O)c(O)cc3c2cc1C. The summed E-state index contributed by atoms with van der Waals surface area (Å²) in [5.41, 5.74) is 4.95. The molecular weight excluding hydrogens is 296 g/mol. The van der Waals surface area contributed by atoms with Crippen LogP contribution in [0.25, 0.3) is 32.3 Å². The Morgan fingerprint density at radius 2 is 0.625 bits per heavy atom. The molecule has 2 heteroatoms. The lowest BCUT2D eigenvalue weighted by atomic mass is 9.89. The summed E-state index contributed by atoms with van der Waals surface area (Å²) in [6, 6.07) is 12.2. The summed E-state index contributed by atoms with van der Waals surface area (Å²) in [6.07, 6.45) is 0. The molecule has 0 bridgehead atoms. The minimum Gasteiger partial charge on any atom is -0.504 e. The molecule has 24 heavy (non-hydrogen) atoms. The topological polar surface area (TPSA) is 40.5 Å². The second-order valence-electron chi connectivity index (χ2n) is 6.85. The molecule has 0 aliphatic rings. The van der Waals surface area contributed by atoms with E-state index in [0.29, 0.717) is 0 Å². The summed E-state index contributed by atoms with van der Waals surface area (Å²) >= 11 is 0. The van der Waals surface area contributed by atoms with Crippen LogP contribution in [0.2, 0.25) is 0 Å². The number of hydrogen-bond donors (Lipinski definition) is 2. The average Bonchev–Trinajstić information content (AvgIpc) is 2.53. The van der Waals surface area contributed by atoms with Crippen molar-refractivity contribution in [1.82, 2.24) is 0 Å². The van der Waals surface area contributed by atoms with Gasteiger partial charge in [-0.3, -0.25) is 0 Å². The molecule has 0 aliphatic carbocycles. The molecule has 0 spiro atoms. The first-order chi connectivity index (χ1) is 11.4. The predicted molar refractivity (Wildman–Crippen MR) is 101 cm³/mol. The predicted octanol–water partition coefficient (Wildman–Crippen LogP) is 5.79. The lowest BCUT2D eigenvalue weighted by Gasteiger charge is -2.15. The number of phenols is 2. The molecule has 120 valence electrons. The second-order valence-corrected chi connectivity index (χ2v) is 6.85. The molecule has 0 saturated heterocycles. The van der Waals surface area contributed by atoms with Crippen molar-refractivity contribution in [2.75, 3.05) is 0 Å². The van der Waals surface area contributed by atoms with Gasteiger partial charge in [-0.05, 0) is 94.4 Å². The summed E-state index contributed by atoms with van der Waals surface area (Å²) < 4.78 is 0. The van der Waals surface area contributed by atoms with Crippen molar-refractivity contribution in [2.24, 2.45) is 0 Å². The summed E-state index contributed by atoms with van der Waals surface area (Å²) in [6.45, 7) is 8.46. The zero-order valence-electron chi connectivity index (χ0n) is 14.4. The number of aromatic hydroxyl groups is 2. The highest BCUT2D eigenvalue weighted by Crippen LogP contribution is 2.41. The summed E-state index contributed by atoms with van der Waals surface area (Å²) in [5, 5.41) is 26.6. The van der Waals surface area contributed by atoms with Crippen LogP contribution < -0.4 is 0 Å². The summed E-state index contributed by atoms with van der Waals surface area (Å²) in [7, 11) is 0. The van der Waals surface area contributed by atoms with Gasteiger partial charge >= 0.3 is 0 Å². The van der Waals surface area contributed by atoms with Gasteiger partial charge in [0.1, 0.15) is 0 Å². The van der Waals surface area contributed by atoms with Gasteiger partial charge in [-0.2, -0.15) is 0 Å². The standard InChI is InChI=1S/C22H20O2/c1-11-5-15-16-6-12(2)14(4)8-18(16)20-10-22(24)21(23)9-19(20)17(15)7-13(11)3/h5-10,23-24H,1-4H3. The highest BCUT2D eigenvalue weighted by Gasteiger charge is 2.13. The van der Waals surface area contributed by atoms with E-state index in [2.05, 4.69) is 52.0 Å². The van der Waals surface area contributed by atoms with Crippen LogP contribution >= 0.6 is 0 Å². The van der Waals surface area contributed by atoms with Crippen LogP contribution in [0.3, 0.4) is 0 Å². The van der Waals surface area contributed by atoms with E-state index in [1.165, 1.54) is 33.0 Å². The lowest BCUT2D eigenvalue weighted by Crippen LogP contribution is -1.90. The van der Waals surface area contributed by atoms with Crippen LogP contribution in [0.4, 0.5) is 0 Å². The molecule has 0 aromatic heterocycles. The number of aryl methyl sites for hydroxylation is 4. The summed E-state index contributed by atoms with van der Waals surface area (Å²) in [4.78, 5) is 0. The molecule has 4 rings (SSSR count). The van der Waals surface area contributed by atoms with Gasteiger partial charge in [-0.15, -0.1) is 0 Å². The van der Waals surface area contributed by atoms with Crippen molar-refractivity contribution in [3.63, 3.8) is 0 Å². The van der Waals surface area contributed by atoms with E-state index in [1.807, 2.05) is 0 Å². The van der Waals surface area contributed by atoms with Crippen LogP contribution in [0.1, 0.15) is 22.3 Å². The third-order valence-electron chi connectivity index (χ3n) is 5.25. The molecule has 4 aromatic rings. The second kappa shape index (κ2) is 4.88. The number of hydrogen-bond acceptors (Lipinski definition) is 2. The van der Waals surface area contributed by atoms with E-state index < -0.39 is 0 Å². The number of rotatable bonds is 0. The van der Waals surface area contributed by atoms with Crippen LogP contribution in [-0.2, 0) is 0 Å². The molecule has 4 aromatic carbocycles. The molecule has 0 fully saturated rings. The van der Waals surface area contributed by atoms with Crippen molar-refractivity contribution in [1.29, 1.82) is 0 Å². The molecule has 0 unspecified atom stereocenters. The van der Waals surface area contributed by atoms with E-state index in [1.54, 1.807) is 12.1 Å². The van der Waals surface area contributed by atoms with Gasteiger partial charge in [0.2, 0.25) is 0 Å². The third-order valence-corrected chi connectivity index (χ3v) is 5.25. The Hall–Kier alpha value is -2.74. The van der Waals surface area contributed by atoms with Crippen molar-refractivity contribution >= 4 is 32.3 Å². The van der Waals surface area contributed by atoms with E-state index >= 15 is 0 Å². The normalized spacial score (nSPS) is 11.7. The Morgan fingerprint density at radius 1 is 0.417 bits per heavy atom. The maximum atomic E-state index is 10.0. The largest absolute Gasteiger partial charge is 0.504 e. The number of fused-ring (bicyclic) bond motifs is 6. The van der Waals surface area contributed by atoms with Gasteiger partial charge in [0.05, 0.1) is 0 Å². The fourth-order valence-electron chi connectivity index (χ4n) is 3.55. The lowest BCUT2D eigenvalue weighted by molar-refractivity contribution is 0.405. The first kappa shape index (κ1) is 14.8. The highest BCUT2D eigenvalue weighted by molar-refractivity contribution is 6.26. The smallest absolute Gasteiger partial charge is 0.158 e. The minimum absolute atomic E-state index is 0.0785. The Kier molecular flexibility index (Phi) is 3.01. The van der Waals surface area contributed by atoms with Crippen molar-refractivity contribution in [2.45, 2.75) is 27.7 Å². The minimum atomic E-state index is -0.0785. The van der Waals surface area contributed by atoms with Gasteiger partial charge in [0.25, 0.3) is 0 Å². The van der Waals surface area contributed by atoms with Gasteiger partial charge in [-0.25, -0.2) is 0 Å². The molecule has 2 nitrogen and oxygen atoms in total. The Balaban J connectivity index is 2.40. The first-order valence-corrected chi connectivity index (χ1v) is 8.16. The zero-order chi connectivity index (χ0) is 17.2. The fraction of sp³-hybridized carbons (Fsp3) is 0.182. The molecular formula is C22H20O2. The van der Waals surface area contributed by atoms with Crippen LogP contribution in [0.5, 0.6) is 11.5 Å². The Labute approximate surface area is 141 Å². The molecule has 0 aliphatic heterocycles. The van der Waals surface area contributed by atoms with Crippen molar-refractivity contribution in [3.05, 3.63) is 58.7 Å². The Bertz CT molecular complexity index is 887. The summed E-state index contributed by atoms with van der Waals surface area (Å²) in [5.74, 6) is -0.157. The monoisotopic (exact) mass is 316 g/mol. The van der Waals surface area contributed by atoms with Gasteiger partial charge in [0.15, 0.2) is 11.5 Å². The number of benzene rings is 4. The van der Waals surface area contributed by atoms with Gasteiger partial charge in [0, 0.05) is 0 Å². The zero-order valence-corrected chi connectivity index (χ0v) is 14.4. The molecule has 2 N–H and O–H groups in total. The van der Waals surface area contributed by atoms with E-state index in [9.17, 15) is 10.2 Å². The Morgan fingerprint density at radius 3 is 0.875 bits per heavy atom. The quantitative estimate of drug-likeness (QED) is 0.318. The molecule has 0 amide bonds. The van der Waals surface area contributed by atoms with Crippen LogP contribution in [0.15, 0.2) is 36.4 Å². The third kappa shape index (κ3) is 1.96. The molecule has 0 atom stereocenters. The van der Waals surface area contributed by atoms with Gasteiger partial charge in [-0.1, -0.05) is 24.3 Å².